The van der Waals surface area contributed by atoms with Crippen molar-refractivity contribution in [2.75, 3.05) is 0 Å². The van der Waals surface area contributed by atoms with Crippen LogP contribution >= 0.6 is 0 Å². The summed E-state index contributed by atoms with van der Waals surface area (Å²) in [5, 5.41) is 10.5. The van der Waals surface area contributed by atoms with Gasteiger partial charge >= 0.3 is 57.4 Å². The topological polar surface area (TPSA) is 66.4 Å². The van der Waals surface area contributed by atoms with Crippen molar-refractivity contribution in [2.45, 2.75) is 123 Å². The van der Waals surface area contributed by atoms with Crippen LogP contribution in [-0.4, -0.2) is 18.0 Å². The number of carboxylic acids is 1. The molecule has 0 radical (unpaired) electrons. The van der Waals surface area contributed by atoms with E-state index >= 15 is 0 Å². The van der Waals surface area contributed by atoms with Crippen LogP contribution in [0, 0.1) is 0 Å². The van der Waals surface area contributed by atoms with E-state index in [9.17, 15) is 14.7 Å². The SMILES string of the molecule is CCCCCCCCCCCCCCCCCC(=O)OC(C)C(=O)[O-].[K+]. The second kappa shape index (κ2) is 21.9. The summed E-state index contributed by atoms with van der Waals surface area (Å²) in [5.41, 5.74) is 0. The first-order chi connectivity index (χ1) is 12.1. The molecule has 1 atom stereocenters. The Morgan fingerprint density at radius 1 is 0.731 bits per heavy atom. The molecular formula is C21H39KO4. The van der Waals surface area contributed by atoms with E-state index in [1.54, 1.807) is 0 Å². The fourth-order valence-corrected chi connectivity index (χ4v) is 2.94. The Morgan fingerprint density at radius 2 is 1.08 bits per heavy atom. The second-order valence-electron chi connectivity index (χ2n) is 7.15. The molecule has 0 saturated heterocycles. The van der Waals surface area contributed by atoms with E-state index in [1.807, 2.05) is 0 Å². The maximum absolute atomic E-state index is 11.4. The number of ether oxygens (including phenoxy) is 1. The molecule has 0 heterocycles. The molecular weight excluding hydrogens is 355 g/mol. The molecule has 0 aromatic carbocycles. The second-order valence-corrected chi connectivity index (χ2v) is 7.15. The smallest absolute Gasteiger partial charge is 0.546 e. The normalized spacial score (nSPS) is 11.6. The molecule has 0 aliphatic carbocycles. The van der Waals surface area contributed by atoms with Gasteiger partial charge in [0.15, 0.2) is 0 Å². The van der Waals surface area contributed by atoms with Gasteiger partial charge in [-0.05, 0) is 13.3 Å². The molecule has 0 saturated carbocycles. The monoisotopic (exact) mass is 394 g/mol. The zero-order valence-corrected chi connectivity index (χ0v) is 20.6. The molecule has 0 fully saturated rings. The minimum Gasteiger partial charge on any atom is -0.546 e. The van der Waals surface area contributed by atoms with Gasteiger partial charge in [-0.15, -0.1) is 0 Å². The van der Waals surface area contributed by atoms with E-state index in [2.05, 4.69) is 6.92 Å². The van der Waals surface area contributed by atoms with Crippen LogP contribution < -0.4 is 56.5 Å². The summed E-state index contributed by atoms with van der Waals surface area (Å²) >= 11 is 0. The number of carbonyl (C=O) groups excluding carboxylic acids is 2. The molecule has 1 unspecified atom stereocenters. The molecule has 4 nitrogen and oxygen atoms in total. The third-order valence-electron chi connectivity index (χ3n) is 4.62. The van der Waals surface area contributed by atoms with E-state index in [0.717, 1.165) is 19.3 Å². The molecule has 0 aliphatic rings. The van der Waals surface area contributed by atoms with Crippen LogP contribution in [0.15, 0.2) is 0 Å². The fourth-order valence-electron chi connectivity index (χ4n) is 2.94. The van der Waals surface area contributed by atoms with E-state index < -0.39 is 18.0 Å². The number of unbranched alkanes of at least 4 members (excludes halogenated alkanes) is 14. The molecule has 0 aliphatic heterocycles. The van der Waals surface area contributed by atoms with Gasteiger partial charge in [0, 0.05) is 6.42 Å². The Labute approximate surface area is 203 Å². The van der Waals surface area contributed by atoms with Gasteiger partial charge in [0.2, 0.25) is 0 Å². The van der Waals surface area contributed by atoms with Crippen LogP contribution in [0.3, 0.4) is 0 Å². The fraction of sp³-hybridized carbons (Fsp3) is 0.905. The van der Waals surface area contributed by atoms with Gasteiger partial charge in [-0.1, -0.05) is 96.8 Å². The summed E-state index contributed by atoms with van der Waals surface area (Å²) in [7, 11) is 0. The van der Waals surface area contributed by atoms with Crippen LogP contribution in [0.25, 0.3) is 0 Å². The van der Waals surface area contributed by atoms with Gasteiger partial charge in [-0.3, -0.25) is 4.79 Å². The van der Waals surface area contributed by atoms with Crippen molar-refractivity contribution in [1.82, 2.24) is 0 Å². The first-order valence-electron chi connectivity index (χ1n) is 10.5. The summed E-state index contributed by atoms with van der Waals surface area (Å²) in [6.07, 6.45) is 18.3. The number of aliphatic carboxylic acids is 1. The number of hydrogen-bond acceptors (Lipinski definition) is 4. The van der Waals surface area contributed by atoms with Crippen molar-refractivity contribution in [2.24, 2.45) is 0 Å². The molecule has 5 heteroatoms. The first kappa shape index (κ1) is 28.8. The molecule has 26 heavy (non-hydrogen) atoms. The average molecular weight is 395 g/mol. The van der Waals surface area contributed by atoms with Crippen LogP contribution in [-0.2, 0) is 14.3 Å². The maximum Gasteiger partial charge on any atom is 1.00 e. The van der Waals surface area contributed by atoms with Gasteiger partial charge in [-0.2, -0.15) is 0 Å². The van der Waals surface area contributed by atoms with E-state index in [4.69, 9.17) is 4.74 Å². The summed E-state index contributed by atoms with van der Waals surface area (Å²) in [6, 6.07) is 0. The summed E-state index contributed by atoms with van der Waals surface area (Å²) in [4.78, 5) is 21.8. The number of rotatable bonds is 18. The number of carbonyl (C=O) groups is 2. The van der Waals surface area contributed by atoms with Crippen molar-refractivity contribution >= 4 is 11.9 Å². The predicted molar refractivity (Wildman–Crippen MR) is 100 cm³/mol. The van der Waals surface area contributed by atoms with Crippen molar-refractivity contribution in [3.63, 3.8) is 0 Å². The molecule has 0 spiro atoms. The zero-order chi connectivity index (χ0) is 18.8. The minimum atomic E-state index is -1.34. The molecule has 0 N–H and O–H groups in total. The van der Waals surface area contributed by atoms with Crippen LogP contribution in [0.4, 0.5) is 0 Å². The van der Waals surface area contributed by atoms with Crippen molar-refractivity contribution in [3.05, 3.63) is 0 Å². The molecule has 0 aromatic rings. The third kappa shape index (κ3) is 20.9. The van der Waals surface area contributed by atoms with Crippen molar-refractivity contribution in [1.29, 1.82) is 0 Å². The zero-order valence-electron chi connectivity index (χ0n) is 17.5. The van der Waals surface area contributed by atoms with Crippen LogP contribution in [0.2, 0.25) is 0 Å². The third-order valence-corrected chi connectivity index (χ3v) is 4.62. The predicted octanol–water partition coefficient (Wildman–Crippen LogP) is 1.93. The van der Waals surface area contributed by atoms with E-state index in [0.29, 0.717) is 6.42 Å². The van der Waals surface area contributed by atoms with Gasteiger partial charge in [0.25, 0.3) is 0 Å². The van der Waals surface area contributed by atoms with Gasteiger partial charge in [0.05, 0.1) is 5.97 Å². The van der Waals surface area contributed by atoms with Gasteiger partial charge in [0.1, 0.15) is 6.10 Å². The number of hydrogen-bond donors (Lipinski definition) is 0. The van der Waals surface area contributed by atoms with Gasteiger partial charge < -0.3 is 14.6 Å². The van der Waals surface area contributed by atoms with E-state index in [-0.39, 0.29) is 51.4 Å². The standard InChI is InChI=1S/C21H40O4.K/c1-3-4-5-6-7-8-9-10-11-12-13-14-15-16-17-18-20(22)25-19(2)21(23)24;/h19H,3-18H2,1-2H3,(H,23,24);/q;+1/p-1. The molecule has 0 aromatic heterocycles. The Kier molecular flexibility index (Phi) is 24.2. The van der Waals surface area contributed by atoms with Gasteiger partial charge in [-0.25, -0.2) is 0 Å². The quantitative estimate of drug-likeness (QED) is 0.202. The molecule has 0 amide bonds. The summed E-state index contributed by atoms with van der Waals surface area (Å²) in [5.74, 6) is -1.78. The number of esters is 1. The largest absolute Gasteiger partial charge is 1.00 e. The summed E-state index contributed by atoms with van der Waals surface area (Å²) < 4.78 is 4.73. The number of carboxylic acid groups (broad SMARTS) is 1. The minimum absolute atomic E-state index is 0. The van der Waals surface area contributed by atoms with Crippen LogP contribution in [0.5, 0.6) is 0 Å². The van der Waals surface area contributed by atoms with Crippen LogP contribution in [0.1, 0.15) is 117 Å². The maximum atomic E-state index is 11.4. The molecule has 148 valence electrons. The Morgan fingerprint density at radius 3 is 1.42 bits per heavy atom. The average Bonchev–Trinajstić information content (AvgIpc) is 2.58. The molecule has 0 bridgehead atoms. The Hall–Kier alpha value is 0.576. The first-order valence-corrected chi connectivity index (χ1v) is 10.5. The van der Waals surface area contributed by atoms with Crippen molar-refractivity contribution < 1.29 is 70.8 Å². The Bertz CT molecular complexity index is 334. The molecule has 0 rings (SSSR count). The van der Waals surface area contributed by atoms with Crippen molar-refractivity contribution in [3.8, 4) is 0 Å². The Balaban J connectivity index is 0. The summed E-state index contributed by atoms with van der Waals surface area (Å²) in [6.45, 7) is 3.58. The van der Waals surface area contributed by atoms with E-state index in [1.165, 1.54) is 84.0 Å².